The summed E-state index contributed by atoms with van der Waals surface area (Å²) in [5, 5.41) is 23.1. The number of nitrogens with one attached hydrogen (secondary N) is 1. The highest BCUT2D eigenvalue weighted by Crippen LogP contribution is 2.28. The first-order valence-electron chi connectivity index (χ1n) is 10.7. The topological polar surface area (TPSA) is 119 Å². The highest BCUT2D eigenvalue weighted by Gasteiger charge is 2.22. The lowest BCUT2D eigenvalue weighted by atomic mass is 10.0. The van der Waals surface area contributed by atoms with Crippen molar-refractivity contribution < 1.29 is 24.4 Å². The zero-order chi connectivity index (χ0) is 22.4. The van der Waals surface area contributed by atoms with E-state index in [0.717, 1.165) is 19.3 Å². The third-order valence-electron chi connectivity index (χ3n) is 5.02. The van der Waals surface area contributed by atoms with Gasteiger partial charge in [-0.25, -0.2) is 4.79 Å². The van der Waals surface area contributed by atoms with Crippen LogP contribution in [-0.2, 0) is 16.0 Å². The van der Waals surface area contributed by atoms with E-state index in [9.17, 15) is 24.8 Å². The number of carbonyl (C=O) groups excluding carboxylic acids is 1. The first kappa shape index (κ1) is 25.4. The summed E-state index contributed by atoms with van der Waals surface area (Å²) in [6.45, 7) is 2.20. The molecule has 0 unspecified atom stereocenters. The molecule has 2 N–H and O–H groups in total. The molecule has 0 bridgehead atoms. The second-order valence-electron chi connectivity index (χ2n) is 7.50. The number of hydrogen-bond donors (Lipinski definition) is 2. The Hall–Kier alpha value is -2.64. The summed E-state index contributed by atoms with van der Waals surface area (Å²) in [4.78, 5) is 34.2. The van der Waals surface area contributed by atoms with Crippen molar-refractivity contribution in [3.63, 3.8) is 0 Å². The predicted octanol–water partition coefficient (Wildman–Crippen LogP) is 4.64. The lowest BCUT2D eigenvalue weighted by molar-refractivity contribution is -0.385. The number of carbonyl (C=O) groups is 2. The highest BCUT2D eigenvalue weighted by atomic mass is 16.6. The fraction of sp³-hybridized carbons (Fsp3) is 0.636. The molecule has 0 aliphatic carbocycles. The minimum atomic E-state index is -1.17. The molecule has 0 saturated heterocycles. The number of ether oxygens (including phenoxy) is 1. The molecule has 8 nitrogen and oxygen atoms in total. The molecule has 0 saturated carbocycles. The van der Waals surface area contributed by atoms with E-state index < -0.39 is 16.9 Å². The van der Waals surface area contributed by atoms with Gasteiger partial charge in [-0.3, -0.25) is 14.9 Å². The number of amides is 1. The van der Waals surface area contributed by atoms with Crippen LogP contribution >= 0.6 is 0 Å². The van der Waals surface area contributed by atoms with E-state index in [1.54, 1.807) is 6.07 Å². The van der Waals surface area contributed by atoms with Crippen LogP contribution in [0.3, 0.4) is 0 Å². The molecule has 0 aliphatic rings. The fourth-order valence-corrected chi connectivity index (χ4v) is 3.30. The standard InChI is InChI=1S/C22H34N2O6/c1-3-4-5-6-7-8-9-10-11-12-21(25)23-18(22(26)27)15-17-13-14-20(30-2)19(16-17)24(28)29/h13-14,16,18H,3-12,15H2,1-2H3,(H,23,25)(H,26,27)/t18-/m1/s1. The van der Waals surface area contributed by atoms with Crippen molar-refractivity contribution in [2.24, 2.45) is 0 Å². The van der Waals surface area contributed by atoms with Crippen LogP contribution in [0.25, 0.3) is 0 Å². The molecule has 0 aliphatic heterocycles. The van der Waals surface area contributed by atoms with E-state index in [1.165, 1.54) is 57.8 Å². The van der Waals surface area contributed by atoms with Crippen molar-refractivity contribution in [2.75, 3.05) is 7.11 Å². The largest absolute Gasteiger partial charge is 0.490 e. The molecule has 1 amide bonds. The molecule has 1 aromatic rings. The Balaban J connectivity index is 2.43. The zero-order valence-electron chi connectivity index (χ0n) is 18.0. The Morgan fingerprint density at radius 2 is 1.70 bits per heavy atom. The summed E-state index contributed by atoms with van der Waals surface area (Å²) >= 11 is 0. The van der Waals surface area contributed by atoms with Crippen LogP contribution in [0, 0.1) is 10.1 Å². The first-order valence-corrected chi connectivity index (χ1v) is 10.7. The number of aliphatic carboxylic acids is 1. The molecular weight excluding hydrogens is 388 g/mol. The van der Waals surface area contributed by atoms with Gasteiger partial charge in [0.1, 0.15) is 6.04 Å². The maximum Gasteiger partial charge on any atom is 0.326 e. The molecule has 30 heavy (non-hydrogen) atoms. The number of methoxy groups -OCH3 is 1. The van der Waals surface area contributed by atoms with Gasteiger partial charge >= 0.3 is 11.7 Å². The molecule has 0 fully saturated rings. The number of nitro groups is 1. The van der Waals surface area contributed by atoms with Gasteiger partial charge in [-0.1, -0.05) is 64.4 Å². The van der Waals surface area contributed by atoms with E-state index in [-0.39, 0.29) is 30.2 Å². The smallest absolute Gasteiger partial charge is 0.326 e. The van der Waals surface area contributed by atoms with E-state index >= 15 is 0 Å². The maximum atomic E-state index is 12.1. The van der Waals surface area contributed by atoms with Gasteiger partial charge in [0.05, 0.1) is 12.0 Å². The zero-order valence-corrected chi connectivity index (χ0v) is 18.0. The lowest BCUT2D eigenvalue weighted by Gasteiger charge is -2.15. The Morgan fingerprint density at radius 3 is 2.23 bits per heavy atom. The Bertz CT molecular complexity index is 692. The number of carboxylic acids is 1. The fourth-order valence-electron chi connectivity index (χ4n) is 3.30. The van der Waals surface area contributed by atoms with Crippen LogP contribution in [0.15, 0.2) is 18.2 Å². The quantitative estimate of drug-likeness (QED) is 0.228. The summed E-state index contributed by atoms with van der Waals surface area (Å²) in [5.74, 6) is -1.38. The van der Waals surface area contributed by atoms with Crippen molar-refractivity contribution in [1.82, 2.24) is 5.32 Å². The minimum Gasteiger partial charge on any atom is -0.490 e. The van der Waals surface area contributed by atoms with Crippen LogP contribution in [0.1, 0.15) is 76.7 Å². The second-order valence-corrected chi connectivity index (χ2v) is 7.50. The summed E-state index contributed by atoms with van der Waals surface area (Å²) in [5.41, 5.74) is 0.207. The lowest BCUT2D eigenvalue weighted by Crippen LogP contribution is -2.42. The molecule has 8 heteroatoms. The van der Waals surface area contributed by atoms with E-state index in [4.69, 9.17) is 4.74 Å². The number of carboxylic acid groups (broad SMARTS) is 1. The predicted molar refractivity (Wildman–Crippen MR) is 115 cm³/mol. The number of benzene rings is 1. The summed E-state index contributed by atoms with van der Waals surface area (Å²) in [6, 6.07) is 3.14. The molecule has 1 atom stereocenters. The number of unbranched alkanes of at least 4 members (excludes halogenated alkanes) is 8. The molecule has 0 aromatic heterocycles. The molecule has 1 rings (SSSR count). The van der Waals surface area contributed by atoms with Crippen LogP contribution in [0.5, 0.6) is 5.75 Å². The van der Waals surface area contributed by atoms with E-state index in [2.05, 4.69) is 12.2 Å². The number of hydrogen-bond acceptors (Lipinski definition) is 5. The van der Waals surface area contributed by atoms with E-state index in [1.807, 2.05) is 0 Å². The van der Waals surface area contributed by atoms with Gasteiger partial charge < -0.3 is 15.2 Å². The van der Waals surface area contributed by atoms with Crippen molar-refractivity contribution in [3.8, 4) is 5.75 Å². The van der Waals surface area contributed by atoms with Crippen LogP contribution in [0.4, 0.5) is 5.69 Å². The molecular formula is C22H34N2O6. The Kier molecular flexibility index (Phi) is 12.2. The van der Waals surface area contributed by atoms with Gasteiger partial charge in [0.25, 0.3) is 0 Å². The second kappa shape index (κ2) is 14.4. The van der Waals surface area contributed by atoms with Crippen LogP contribution in [0.2, 0.25) is 0 Å². The molecule has 0 radical (unpaired) electrons. The van der Waals surface area contributed by atoms with Crippen LogP contribution < -0.4 is 10.1 Å². The third-order valence-corrected chi connectivity index (χ3v) is 5.02. The van der Waals surface area contributed by atoms with Gasteiger partial charge in [-0.2, -0.15) is 0 Å². The van der Waals surface area contributed by atoms with Crippen molar-refractivity contribution in [2.45, 2.75) is 83.6 Å². The van der Waals surface area contributed by atoms with E-state index in [0.29, 0.717) is 5.56 Å². The number of rotatable bonds is 16. The van der Waals surface area contributed by atoms with Gasteiger partial charge in [0.2, 0.25) is 5.91 Å². The van der Waals surface area contributed by atoms with Crippen molar-refractivity contribution in [1.29, 1.82) is 0 Å². The summed E-state index contributed by atoms with van der Waals surface area (Å²) < 4.78 is 4.95. The van der Waals surface area contributed by atoms with Gasteiger partial charge in [0.15, 0.2) is 5.75 Å². The SMILES string of the molecule is CCCCCCCCCCCC(=O)N[C@H](Cc1ccc(OC)c([N+](=O)[O-])c1)C(=O)O. The van der Waals surface area contributed by atoms with Crippen molar-refractivity contribution in [3.05, 3.63) is 33.9 Å². The average molecular weight is 423 g/mol. The molecule has 0 spiro atoms. The Morgan fingerprint density at radius 1 is 1.10 bits per heavy atom. The van der Waals surface area contributed by atoms with Gasteiger partial charge in [0, 0.05) is 18.9 Å². The maximum absolute atomic E-state index is 12.1. The highest BCUT2D eigenvalue weighted by molar-refractivity contribution is 5.83. The molecule has 168 valence electrons. The summed E-state index contributed by atoms with van der Waals surface area (Å²) in [6.07, 6.45) is 10.5. The summed E-state index contributed by atoms with van der Waals surface area (Å²) in [7, 11) is 1.33. The van der Waals surface area contributed by atoms with Crippen LogP contribution in [-0.4, -0.2) is 35.1 Å². The monoisotopic (exact) mass is 422 g/mol. The minimum absolute atomic E-state index is 0.0380. The first-order chi connectivity index (χ1) is 14.4. The van der Waals surface area contributed by atoms with Gasteiger partial charge in [-0.15, -0.1) is 0 Å². The normalized spacial score (nSPS) is 11.7. The number of nitro benzene ring substituents is 1. The average Bonchev–Trinajstić information content (AvgIpc) is 2.71. The number of nitrogens with zero attached hydrogens (tertiary/aromatic N) is 1. The van der Waals surface area contributed by atoms with Gasteiger partial charge in [-0.05, 0) is 18.1 Å². The van der Waals surface area contributed by atoms with Crippen molar-refractivity contribution >= 4 is 17.6 Å². The Labute approximate surface area is 178 Å². The molecule has 1 aromatic carbocycles. The molecule has 0 heterocycles. The third kappa shape index (κ3) is 9.71.